The zero-order chi connectivity index (χ0) is 23.0. The highest BCUT2D eigenvalue weighted by atomic mass is 19.1. The second kappa shape index (κ2) is 15.8. The van der Waals surface area contributed by atoms with E-state index in [4.69, 9.17) is 4.74 Å². The van der Waals surface area contributed by atoms with Crippen LogP contribution in [0.4, 0.5) is 4.39 Å². The molecular weight excluding hydrogens is 399 g/mol. The van der Waals surface area contributed by atoms with Gasteiger partial charge in [-0.25, -0.2) is 14.4 Å². The van der Waals surface area contributed by atoms with Crippen LogP contribution in [0.25, 0.3) is 11.4 Å². The number of hydrogen-bond donors (Lipinski definition) is 0. The van der Waals surface area contributed by atoms with Crippen LogP contribution in [0.3, 0.4) is 0 Å². The van der Waals surface area contributed by atoms with Gasteiger partial charge in [-0.15, -0.1) is 0 Å². The lowest BCUT2D eigenvalue weighted by atomic mass is 10.00. The SMILES string of the molecule is CCCCCCCCc1ccc(-c2ncc(OCCC(F)CCCC(C)CC)cn2)cc1. The van der Waals surface area contributed by atoms with E-state index in [1.807, 2.05) is 0 Å². The molecule has 0 saturated carbocycles. The molecule has 2 unspecified atom stereocenters. The Morgan fingerprint density at radius 1 is 0.844 bits per heavy atom. The number of ether oxygens (including phenoxy) is 1. The first-order valence-corrected chi connectivity index (χ1v) is 12.8. The Bertz CT molecular complexity index is 717. The minimum Gasteiger partial charge on any atom is -0.490 e. The summed E-state index contributed by atoms with van der Waals surface area (Å²) in [5.74, 6) is 1.97. The van der Waals surface area contributed by atoms with Crippen LogP contribution in [0.5, 0.6) is 5.75 Å². The molecule has 1 aromatic heterocycles. The molecule has 178 valence electrons. The molecule has 2 aromatic rings. The van der Waals surface area contributed by atoms with Gasteiger partial charge in [0, 0.05) is 12.0 Å². The summed E-state index contributed by atoms with van der Waals surface area (Å²) in [5, 5.41) is 0. The summed E-state index contributed by atoms with van der Waals surface area (Å²) < 4.78 is 19.7. The third kappa shape index (κ3) is 10.6. The number of halogens is 1. The molecule has 0 radical (unpaired) electrons. The minimum atomic E-state index is -0.797. The second-order valence-corrected chi connectivity index (χ2v) is 9.14. The lowest BCUT2D eigenvalue weighted by Crippen LogP contribution is -2.08. The predicted octanol–water partition coefficient (Wildman–Crippen LogP) is 8.37. The first-order valence-electron chi connectivity index (χ1n) is 12.8. The first-order chi connectivity index (χ1) is 15.6. The van der Waals surface area contributed by atoms with Crippen LogP contribution < -0.4 is 4.74 Å². The zero-order valence-corrected chi connectivity index (χ0v) is 20.5. The number of nitrogens with zero attached hydrogens (tertiary/aromatic N) is 2. The van der Waals surface area contributed by atoms with E-state index in [0.29, 0.717) is 36.9 Å². The van der Waals surface area contributed by atoms with E-state index in [1.54, 1.807) is 12.4 Å². The molecule has 0 aliphatic rings. The van der Waals surface area contributed by atoms with E-state index in [-0.39, 0.29) is 0 Å². The molecule has 2 rings (SSSR count). The number of alkyl halides is 1. The summed E-state index contributed by atoms with van der Waals surface area (Å²) in [5.41, 5.74) is 2.38. The number of rotatable bonds is 17. The molecule has 32 heavy (non-hydrogen) atoms. The Morgan fingerprint density at radius 2 is 1.53 bits per heavy atom. The van der Waals surface area contributed by atoms with Crippen molar-refractivity contribution in [2.45, 2.75) is 104 Å². The van der Waals surface area contributed by atoms with Gasteiger partial charge >= 0.3 is 0 Å². The van der Waals surface area contributed by atoms with Gasteiger partial charge in [-0.2, -0.15) is 0 Å². The largest absolute Gasteiger partial charge is 0.490 e. The molecule has 1 aromatic carbocycles. The maximum absolute atomic E-state index is 14.0. The Balaban J connectivity index is 1.68. The number of aryl methyl sites for hydroxylation is 1. The highest BCUT2D eigenvalue weighted by Crippen LogP contribution is 2.20. The smallest absolute Gasteiger partial charge is 0.159 e. The van der Waals surface area contributed by atoms with Gasteiger partial charge in [0.25, 0.3) is 0 Å². The van der Waals surface area contributed by atoms with Crippen LogP contribution in [0.1, 0.15) is 97.0 Å². The Morgan fingerprint density at radius 3 is 2.22 bits per heavy atom. The summed E-state index contributed by atoms with van der Waals surface area (Å²) >= 11 is 0. The van der Waals surface area contributed by atoms with Gasteiger partial charge in [0.1, 0.15) is 6.17 Å². The lowest BCUT2D eigenvalue weighted by molar-refractivity contribution is 0.219. The summed E-state index contributed by atoms with van der Waals surface area (Å²) in [6, 6.07) is 8.54. The van der Waals surface area contributed by atoms with E-state index >= 15 is 0 Å². The lowest BCUT2D eigenvalue weighted by Gasteiger charge is -2.11. The normalized spacial score (nSPS) is 13.1. The van der Waals surface area contributed by atoms with E-state index in [2.05, 4.69) is 55.0 Å². The molecule has 0 fully saturated rings. The molecule has 0 saturated heterocycles. The molecule has 0 bridgehead atoms. The average Bonchev–Trinajstić information content (AvgIpc) is 2.82. The summed E-state index contributed by atoms with van der Waals surface area (Å²) in [7, 11) is 0. The first kappa shape index (κ1) is 26.3. The van der Waals surface area contributed by atoms with Gasteiger partial charge in [-0.05, 0) is 30.7 Å². The second-order valence-electron chi connectivity index (χ2n) is 9.14. The van der Waals surface area contributed by atoms with E-state index < -0.39 is 6.17 Å². The topological polar surface area (TPSA) is 35.0 Å². The molecule has 0 N–H and O–H groups in total. The molecule has 0 spiro atoms. The third-order valence-electron chi connectivity index (χ3n) is 6.27. The molecule has 4 heteroatoms. The third-order valence-corrected chi connectivity index (χ3v) is 6.27. The standard InChI is InChI=1S/C28H43FN2O/c1-4-6-7-8-9-10-13-24-15-17-25(18-16-24)28-30-21-27(22-31-28)32-20-19-26(29)14-11-12-23(3)5-2/h15-18,21-23,26H,4-14,19-20H2,1-3H3. The van der Waals surface area contributed by atoms with Gasteiger partial charge in [-0.3, -0.25) is 0 Å². The fourth-order valence-corrected chi connectivity index (χ4v) is 3.81. The quantitative estimate of drug-likeness (QED) is 0.231. The van der Waals surface area contributed by atoms with E-state index in [9.17, 15) is 4.39 Å². The fourth-order valence-electron chi connectivity index (χ4n) is 3.81. The molecule has 1 heterocycles. The molecule has 0 amide bonds. The van der Waals surface area contributed by atoms with Crippen molar-refractivity contribution >= 4 is 0 Å². The van der Waals surface area contributed by atoms with Crippen LogP contribution >= 0.6 is 0 Å². The van der Waals surface area contributed by atoms with Crippen molar-refractivity contribution in [2.24, 2.45) is 5.92 Å². The molecule has 3 nitrogen and oxygen atoms in total. The molecular formula is C28H43FN2O. The van der Waals surface area contributed by atoms with Gasteiger partial charge < -0.3 is 4.74 Å². The summed E-state index contributed by atoms with van der Waals surface area (Å²) in [6.45, 7) is 7.03. The maximum Gasteiger partial charge on any atom is 0.159 e. The molecule has 0 aliphatic carbocycles. The van der Waals surface area contributed by atoms with Gasteiger partial charge in [0.2, 0.25) is 0 Å². The average molecular weight is 443 g/mol. The van der Waals surface area contributed by atoms with Crippen LogP contribution in [-0.4, -0.2) is 22.7 Å². The van der Waals surface area contributed by atoms with Crippen molar-refractivity contribution in [2.75, 3.05) is 6.61 Å². The molecule has 2 atom stereocenters. The van der Waals surface area contributed by atoms with Gasteiger partial charge in [-0.1, -0.05) is 96.4 Å². The van der Waals surface area contributed by atoms with Crippen LogP contribution in [0.15, 0.2) is 36.7 Å². The Kier molecular flexibility index (Phi) is 13.0. The summed E-state index contributed by atoms with van der Waals surface area (Å²) in [6.07, 6.45) is 15.9. The van der Waals surface area contributed by atoms with Crippen molar-refractivity contribution < 1.29 is 9.13 Å². The zero-order valence-electron chi connectivity index (χ0n) is 20.5. The highest BCUT2D eigenvalue weighted by Gasteiger charge is 2.09. The number of hydrogen-bond acceptors (Lipinski definition) is 3. The van der Waals surface area contributed by atoms with Crippen molar-refractivity contribution in [3.05, 3.63) is 42.2 Å². The Hall–Kier alpha value is -1.97. The van der Waals surface area contributed by atoms with E-state index in [0.717, 1.165) is 24.8 Å². The van der Waals surface area contributed by atoms with E-state index in [1.165, 1.54) is 50.5 Å². The minimum absolute atomic E-state index is 0.361. The number of benzene rings is 1. The maximum atomic E-state index is 14.0. The van der Waals surface area contributed by atoms with Crippen molar-refractivity contribution in [1.29, 1.82) is 0 Å². The van der Waals surface area contributed by atoms with Gasteiger partial charge in [0.05, 0.1) is 19.0 Å². The number of aromatic nitrogens is 2. The van der Waals surface area contributed by atoms with Crippen LogP contribution in [0.2, 0.25) is 0 Å². The summed E-state index contributed by atoms with van der Waals surface area (Å²) in [4.78, 5) is 8.86. The monoisotopic (exact) mass is 442 g/mol. The fraction of sp³-hybridized carbons (Fsp3) is 0.643. The van der Waals surface area contributed by atoms with Gasteiger partial charge in [0.15, 0.2) is 11.6 Å². The van der Waals surface area contributed by atoms with Crippen molar-refractivity contribution in [1.82, 2.24) is 9.97 Å². The predicted molar refractivity (Wildman–Crippen MR) is 133 cm³/mol. The number of unbranched alkanes of at least 4 members (excludes halogenated alkanes) is 5. The van der Waals surface area contributed by atoms with Crippen molar-refractivity contribution in [3.8, 4) is 17.1 Å². The highest BCUT2D eigenvalue weighted by molar-refractivity contribution is 5.55. The van der Waals surface area contributed by atoms with Crippen LogP contribution in [0, 0.1) is 5.92 Å². The molecule has 0 aliphatic heterocycles. The van der Waals surface area contributed by atoms with Crippen molar-refractivity contribution in [3.63, 3.8) is 0 Å². The Labute approximate surface area is 195 Å². The van der Waals surface area contributed by atoms with Crippen LogP contribution in [-0.2, 0) is 6.42 Å².